The third-order valence-corrected chi connectivity index (χ3v) is 7.61. The van der Waals surface area contributed by atoms with Crippen LogP contribution in [0.15, 0.2) is 66.7 Å². The Morgan fingerprint density at radius 1 is 0.765 bits per heavy atom. The van der Waals surface area contributed by atoms with E-state index in [9.17, 15) is 0 Å². The largest absolute Gasteiger partial charge is 0.206 e. The van der Waals surface area contributed by atoms with Crippen molar-refractivity contribution in [2.45, 2.75) is 77.6 Å². The number of halogens is 1. The van der Waals surface area contributed by atoms with Crippen LogP contribution in [0.4, 0.5) is 4.39 Å². The van der Waals surface area contributed by atoms with Crippen molar-refractivity contribution in [1.82, 2.24) is 0 Å². The van der Waals surface area contributed by atoms with Crippen LogP contribution >= 0.6 is 0 Å². The van der Waals surface area contributed by atoms with Crippen LogP contribution < -0.4 is 0 Å². The van der Waals surface area contributed by atoms with Crippen LogP contribution in [-0.2, 0) is 6.42 Å². The average Bonchev–Trinajstić information content (AvgIpc) is 2.89. The van der Waals surface area contributed by atoms with Crippen LogP contribution in [0.2, 0.25) is 0 Å². The van der Waals surface area contributed by atoms with E-state index in [-0.39, 0.29) is 5.82 Å². The van der Waals surface area contributed by atoms with Gasteiger partial charge in [-0.3, -0.25) is 0 Å². The van der Waals surface area contributed by atoms with Gasteiger partial charge in [0.1, 0.15) is 5.82 Å². The van der Waals surface area contributed by atoms with Gasteiger partial charge in [0, 0.05) is 5.56 Å². The fraction of sp³-hybridized carbons (Fsp3) is 0.394. The lowest BCUT2D eigenvalue weighted by atomic mass is 9.77. The van der Waals surface area contributed by atoms with Gasteiger partial charge in [0.05, 0.1) is 0 Å². The van der Waals surface area contributed by atoms with Gasteiger partial charge in [-0.2, -0.15) is 0 Å². The summed E-state index contributed by atoms with van der Waals surface area (Å²) in [6.45, 7) is 4.44. The highest BCUT2D eigenvalue weighted by atomic mass is 19.1. The van der Waals surface area contributed by atoms with Crippen molar-refractivity contribution in [2.24, 2.45) is 5.92 Å². The van der Waals surface area contributed by atoms with Gasteiger partial charge in [0.15, 0.2) is 0 Å². The molecule has 1 saturated carbocycles. The van der Waals surface area contributed by atoms with Crippen molar-refractivity contribution in [3.63, 3.8) is 0 Å². The van der Waals surface area contributed by atoms with Gasteiger partial charge in [-0.1, -0.05) is 112 Å². The maximum absolute atomic E-state index is 15.1. The number of hydrogen-bond acceptors (Lipinski definition) is 0. The summed E-state index contributed by atoms with van der Waals surface area (Å²) in [5.74, 6) is 1.31. The van der Waals surface area contributed by atoms with Gasteiger partial charge in [0.25, 0.3) is 0 Å². The van der Waals surface area contributed by atoms with E-state index in [1.54, 1.807) is 6.07 Å². The van der Waals surface area contributed by atoms with E-state index in [0.717, 1.165) is 23.5 Å². The normalized spacial score (nSPS) is 18.4. The average molecular weight is 455 g/mol. The standard InChI is InChI=1S/C33H39F/c1-3-5-6-7-26-14-18-29(19-15-26)31-22-23-32(33(34)24-31)30-20-16-28(17-21-30)13-12-27-10-8-25(4-2)9-11-27/h8-13,16-17,20-24,26,29H,3-7,14-15,18-19H2,1-2H3/t26-,29-. The van der Waals surface area contributed by atoms with Crippen LogP contribution in [0.25, 0.3) is 23.3 Å². The lowest BCUT2D eigenvalue weighted by molar-refractivity contribution is 0.302. The third-order valence-electron chi connectivity index (χ3n) is 7.61. The molecule has 34 heavy (non-hydrogen) atoms. The summed E-state index contributed by atoms with van der Waals surface area (Å²) >= 11 is 0. The molecule has 0 spiro atoms. The van der Waals surface area contributed by atoms with Crippen molar-refractivity contribution >= 4 is 12.2 Å². The van der Waals surface area contributed by atoms with Gasteiger partial charge < -0.3 is 0 Å². The van der Waals surface area contributed by atoms with E-state index >= 15 is 4.39 Å². The molecule has 0 aliphatic heterocycles. The summed E-state index contributed by atoms with van der Waals surface area (Å²) in [6, 6.07) is 22.8. The summed E-state index contributed by atoms with van der Waals surface area (Å²) in [6.07, 6.45) is 15.7. The summed E-state index contributed by atoms with van der Waals surface area (Å²) in [7, 11) is 0. The van der Waals surface area contributed by atoms with Crippen molar-refractivity contribution in [3.8, 4) is 11.1 Å². The summed E-state index contributed by atoms with van der Waals surface area (Å²) in [5.41, 5.74) is 6.48. The molecule has 1 aliphatic carbocycles. The van der Waals surface area contributed by atoms with Crippen LogP contribution in [0.3, 0.4) is 0 Å². The fourth-order valence-corrected chi connectivity index (χ4v) is 5.32. The second-order valence-electron chi connectivity index (χ2n) is 10.0. The molecule has 0 saturated heterocycles. The topological polar surface area (TPSA) is 0 Å². The monoisotopic (exact) mass is 454 g/mol. The first-order chi connectivity index (χ1) is 16.7. The van der Waals surface area contributed by atoms with Gasteiger partial charge in [-0.15, -0.1) is 0 Å². The zero-order valence-corrected chi connectivity index (χ0v) is 20.9. The smallest absolute Gasteiger partial charge is 0.131 e. The molecule has 4 rings (SSSR count). The minimum absolute atomic E-state index is 0.0955. The van der Waals surface area contributed by atoms with Gasteiger partial charge in [0.2, 0.25) is 0 Å². The SMILES string of the molecule is CCCCC[C@H]1CC[C@H](c2ccc(-c3ccc(C=Cc4ccc(CC)cc4)cc3)c(F)c2)CC1. The van der Waals surface area contributed by atoms with Crippen molar-refractivity contribution in [3.05, 3.63) is 94.8 Å². The van der Waals surface area contributed by atoms with E-state index in [4.69, 9.17) is 0 Å². The Morgan fingerprint density at radius 2 is 1.41 bits per heavy atom. The molecule has 0 heterocycles. The zero-order valence-electron chi connectivity index (χ0n) is 20.9. The number of benzene rings is 3. The molecule has 3 aromatic rings. The molecule has 0 radical (unpaired) electrons. The highest BCUT2D eigenvalue weighted by Gasteiger charge is 2.22. The first kappa shape index (κ1) is 24.5. The highest BCUT2D eigenvalue weighted by Crippen LogP contribution is 2.39. The van der Waals surface area contributed by atoms with Crippen LogP contribution in [0.1, 0.15) is 93.4 Å². The Bertz CT molecular complexity index is 1050. The van der Waals surface area contributed by atoms with Crippen molar-refractivity contribution < 1.29 is 4.39 Å². The van der Waals surface area contributed by atoms with E-state index < -0.39 is 0 Å². The van der Waals surface area contributed by atoms with E-state index in [2.05, 4.69) is 68.5 Å². The Morgan fingerprint density at radius 3 is 2.00 bits per heavy atom. The van der Waals surface area contributed by atoms with Gasteiger partial charge in [-0.25, -0.2) is 4.39 Å². The molecular formula is C33H39F. The highest BCUT2D eigenvalue weighted by molar-refractivity contribution is 5.72. The van der Waals surface area contributed by atoms with Crippen LogP contribution in [0.5, 0.6) is 0 Å². The molecule has 0 amide bonds. The Kier molecular flexibility index (Phi) is 8.74. The maximum atomic E-state index is 15.1. The predicted octanol–water partition coefficient (Wildman–Crippen LogP) is 10.1. The lowest BCUT2D eigenvalue weighted by Crippen LogP contribution is -2.13. The van der Waals surface area contributed by atoms with Crippen LogP contribution in [-0.4, -0.2) is 0 Å². The molecule has 0 aromatic heterocycles. The molecule has 0 unspecified atom stereocenters. The molecule has 178 valence electrons. The molecule has 0 nitrogen and oxygen atoms in total. The molecule has 3 aromatic carbocycles. The fourth-order valence-electron chi connectivity index (χ4n) is 5.32. The van der Waals surface area contributed by atoms with E-state index in [1.165, 1.54) is 68.1 Å². The molecule has 1 aliphatic rings. The summed E-state index contributed by atoms with van der Waals surface area (Å²) in [5, 5.41) is 0. The third kappa shape index (κ3) is 6.47. The Hall–Kier alpha value is -2.67. The second-order valence-corrected chi connectivity index (χ2v) is 10.0. The zero-order chi connectivity index (χ0) is 23.8. The van der Waals surface area contributed by atoms with Crippen LogP contribution in [0, 0.1) is 11.7 Å². The van der Waals surface area contributed by atoms with Crippen molar-refractivity contribution in [2.75, 3.05) is 0 Å². The number of aryl methyl sites for hydroxylation is 1. The number of hydrogen-bond donors (Lipinski definition) is 0. The van der Waals surface area contributed by atoms with Crippen molar-refractivity contribution in [1.29, 1.82) is 0 Å². The Labute approximate surface area is 205 Å². The van der Waals surface area contributed by atoms with E-state index in [1.807, 2.05) is 18.2 Å². The first-order valence-electron chi connectivity index (χ1n) is 13.3. The second kappa shape index (κ2) is 12.2. The Balaban J connectivity index is 1.36. The summed E-state index contributed by atoms with van der Waals surface area (Å²) < 4.78 is 15.1. The molecule has 1 fully saturated rings. The van der Waals surface area contributed by atoms with Gasteiger partial charge >= 0.3 is 0 Å². The molecular weight excluding hydrogens is 415 g/mol. The summed E-state index contributed by atoms with van der Waals surface area (Å²) in [4.78, 5) is 0. The quantitative estimate of drug-likeness (QED) is 0.223. The number of unbranched alkanes of at least 4 members (excludes halogenated alkanes) is 2. The van der Waals surface area contributed by atoms with E-state index in [0.29, 0.717) is 11.5 Å². The predicted molar refractivity (Wildman–Crippen MR) is 145 cm³/mol. The maximum Gasteiger partial charge on any atom is 0.131 e. The number of rotatable bonds is 9. The molecule has 0 bridgehead atoms. The molecule has 0 atom stereocenters. The molecule has 1 heteroatoms. The minimum atomic E-state index is -0.0955. The lowest BCUT2D eigenvalue weighted by Gasteiger charge is -2.29. The first-order valence-corrected chi connectivity index (χ1v) is 13.3. The van der Waals surface area contributed by atoms with Gasteiger partial charge in [-0.05, 0) is 77.8 Å². The minimum Gasteiger partial charge on any atom is -0.206 e. The molecule has 0 N–H and O–H groups in total.